The molecule has 1 atom stereocenters. The lowest BCUT2D eigenvalue weighted by Gasteiger charge is -2.14. The molecule has 4 nitrogen and oxygen atoms in total. The predicted octanol–water partition coefficient (Wildman–Crippen LogP) is 2.48. The van der Waals surface area contributed by atoms with Crippen molar-refractivity contribution in [2.45, 2.75) is 39.5 Å². The summed E-state index contributed by atoms with van der Waals surface area (Å²) in [5.74, 6) is 1.25. The van der Waals surface area contributed by atoms with E-state index >= 15 is 0 Å². The molecular formula is C14H20N2O2. The van der Waals surface area contributed by atoms with Gasteiger partial charge in [0, 0.05) is 12.6 Å². The highest BCUT2D eigenvalue weighted by molar-refractivity contribution is 5.43. The van der Waals surface area contributed by atoms with E-state index in [-0.39, 0.29) is 0 Å². The van der Waals surface area contributed by atoms with Gasteiger partial charge in [-0.15, -0.1) is 0 Å². The lowest BCUT2D eigenvalue weighted by molar-refractivity contribution is 0.259. The van der Waals surface area contributed by atoms with Gasteiger partial charge in [0.05, 0.1) is 7.11 Å². The number of nitrogens with zero attached hydrogens (tertiary/aromatic N) is 1. The Bertz CT molecular complexity index is 424. The lowest BCUT2D eigenvalue weighted by atomic mass is 10.2. The van der Waals surface area contributed by atoms with E-state index in [4.69, 9.17) is 14.7 Å². The Morgan fingerprint density at radius 1 is 1.28 bits per heavy atom. The normalized spacial score (nSPS) is 12.0. The van der Waals surface area contributed by atoms with Crippen LogP contribution in [0.3, 0.4) is 0 Å². The van der Waals surface area contributed by atoms with E-state index in [1.807, 2.05) is 24.3 Å². The number of rotatable bonds is 6. The second kappa shape index (κ2) is 6.87. The summed E-state index contributed by atoms with van der Waals surface area (Å²) in [6.07, 6.45) is -0.493. The molecule has 0 bridgehead atoms. The summed E-state index contributed by atoms with van der Waals surface area (Å²) in [6, 6.07) is 8.21. The van der Waals surface area contributed by atoms with E-state index in [9.17, 15) is 0 Å². The van der Waals surface area contributed by atoms with Crippen molar-refractivity contribution >= 4 is 0 Å². The number of nitriles is 1. The molecule has 1 aromatic carbocycles. The van der Waals surface area contributed by atoms with Gasteiger partial charge in [0.15, 0.2) is 17.6 Å². The van der Waals surface area contributed by atoms with Gasteiger partial charge in [-0.05, 0) is 24.6 Å². The molecule has 18 heavy (non-hydrogen) atoms. The number of hydrogen-bond acceptors (Lipinski definition) is 4. The maximum absolute atomic E-state index is 8.78. The lowest BCUT2D eigenvalue weighted by Crippen LogP contribution is -2.21. The third-order valence-electron chi connectivity index (χ3n) is 2.43. The maximum Gasteiger partial charge on any atom is 0.181 e. The second-order valence-corrected chi connectivity index (χ2v) is 4.41. The van der Waals surface area contributed by atoms with Gasteiger partial charge in [-0.1, -0.05) is 19.9 Å². The first-order valence-electron chi connectivity index (χ1n) is 6.03. The highest BCUT2D eigenvalue weighted by atomic mass is 16.5. The van der Waals surface area contributed by atoms with Crippen LogP contribution in [-0.4, -0.2) is 19.3 Å². The monoisotopic (exact) mass is 248 g/mol. The maximum atomic E-state index is 8.78. The number of hydrogen-bond donors (Lipinski definition) is 1. The SMILES string of the molecule is COc1ccc(CNC(C)C)cc1OC(C)C#N. The molecule has 0 saturated carbocycles. The molecule has 0 aromatic heterocycles. The van der Waals surface area contributed by atoms with Gasteiger partial charge in [0.2, 0.25) is 0 Å². The van der Waals surface area contributed by atoms with Crippen molar-refractivity contribution in [3.8, 4) is 17.6 Å². The van der Waals surface area contributed by atoms with Crippen LogP contribution in [-0.2, 0) is 6.54 Å². The van der Waals surface area contributed by atoms with Gasteiger partial charge in [-0.2, -0.15) is 5.26 Å². The van der Waals surface area contributed by atoms with E-state index in [2.05, 4.69) is 19.2 Å². The fourth-order valence-electron chi connectivity index (χ4n) is 1.46. The van der Waals surface area contributed by atoms with Gasteiger partial charge < -0.3 is 14.8 Å². The number of nitrogens with one attached hydrogen (secondary N) is 1. The summed E-state index contributed by atoms with van der Waals surface area (Å²) in [5, 5.41) is 12.1. The van der Waals surface area contributed by atoms with Crippen LogP contribution in [0.4, 0.5) is 0 Å². The van der Waals surface area contributed by atoms with Crippen LogP contribution in [0.2, 0.25) is 0 Å². The zero-order valence-corrected chi connectivity index (χ0v) is 11.4. The van der Waals surface area contributed by atoms with Gasteiger partial charge in [0.25, 0.3) is 0 Å². The molecule has 0 fully saturated rings. The van der Waals surface area contributed by atoms with Crippen LogP contribution >= 0.6 is 0 Å². The number of benzene rings is 1. The first kappa shape index (κ1) is 14.3. The average molecular weight is 248 g/mol. The molecule has 0 saturated heterocycles. The van der Waals surface area contributed by atoms with Crippen molar-refractivity contribution in [1.29, 1.82) is 5.26 Å². The number of methoxy groups -OCH3 is 1. The van der Waals surface area contributed by atoms with Gasteiger partial charge in [-0.3, -0.25) is 0 Å². The summed E-state index contributed by atoms with van der Waals surface area (Å²) in [5.41, 5.74) is 1.10. The fourth-order valence-corrected chi connectivity index (χ4v) is 1.46. The first-order valence-corrected chi connectivity index (χ1v) is 6.03. The molecule has 4 heteroatoms. The molecule has 0 aliphatic rings. The van der Waals surface area contributed by atoms with Gasteiger partial charge >= 0.3 is 0 Å². The summed E-state index contributed by atoms with van der Waals surface area (Å²) < 4.78 is 10.7. The van der Waals surface area contributed by atoms with Crippen molar-refractivity contribution < 1.29 is 9.47 Å². The van der Waals surface area contributed by atoms with E-state index < -0.39 is 6.10 Å². The quantitative estimate of drug-likeness (QED) is 0.840. The molecule has 0 spiro atoms. The van der Waals surface area contributed by atoms with Crippen LogP contribution < -0.4 is 14.8 Å². The average Bonchev–Trinajstić information content (AvgIpc) is 2.36. The van der Waals surface area contributed by atoms with Crippen LogP contribution in [0.25, 0.3) is 0 Å². The molecule has 1 unspecified atom stereocenters. The summed E-state index contributed by atoms with van der Waals surface area (Å²) in [7, 11) is 1.59. The zero-order valence-electron chi connectivity index (χ0n) is 11.4. The third kappa shape index (κ3) is 4.27. The minimum Gasteiger partial charge on any atom is -0.493 e. The Morgan fingerprint density at radius 2 is 2.00 bits per heavy atom. The molecule has 1 aromatic rings. The number of ether oxygens (including phenoxy) is 2. The van der Waals surface area contributed by atoms with E-state index in [1.165, 1.54) is 0 Å². The van der Waals surface area contributed by atoms with Gasteiger partial charge in [-0.25, -0.2) is 0 Å². The van der Waals surface area contributed by atoms with Crippen LogP contribution in [0.5, 0.6) is 11.5 Å². The molecular weight excluding hydrogens is 228 g/mol. The first-order chi connectivity index (χ1) is 8.56. The molecule has 1 N–H and O–H groups in total. The largest absolute Gasteiger partial charge is 0.493 e. The standard InChI is InChI=1S/C14H20N2O2/c1-10(2)16-9-12-5-6-13(17-4)14(7-12)18-11(3)8-15/h5-7,10-11,16H,9H2,1-4H3. The molecule has 0 aliphatic carbocycles. The highest BCUT2D eigenvalue weighted by Crippen LogP contribution is 2.28. The van der Waals surface area contributed by atoms with Crippen molar-refractivity contribution in [2.75, 3.05) is 7.11 Å². The molecule has 0 radical (unpaired) electrons. The summed E-state index contributed by atoms with van der Waals surface area (Å²) in [4.78, 5) is 0. The smallest absolute Gasteiger partial charge is 0.181 e. The molecule has 98 valence electrons. The van der Waals surface area contributed by atoms with Crippen molar-refractivity contribution in [3.05, 3.63) is 23.8 Å². The molecule has 0 amide bonds. The van der Waals surface area contributed by atoms with Crippen molar-refractivity contribution in [3.63, 3.8) is 0 Å². The summed E-state index contributed by atoms with van der Waals surface area (Å²) >= 11 is 0. The minimum absolute atomic E-state index is 0.425. The Hall–Kier alpha value is -1.73. The minimum atomic E-state index is -0.493. The Labute approximate surface area is 109 Å². The molecule has 0 heterocycles. The van der Waals surface area contributed by atoms with E-state index in [1.54, 1.807) is 14.0 Å². The van der Waals surface area contributed by atoms with Crippen molar-refractivity contribution in [1.82, 2.24) is 5.32 Å². The van der Waals surface area contributed by atoms with Crippen LogP contribution in [0, 0.1) is 11.3 Å². The second-order valence-electron chi connectivity index (χ2n) is 4.41. The molecule has 1 rings (SSSR count). The Balaban J connectivity index is 2.84. The van der Waals surface area contributed by atoms with Crippen molar-refractivity contribution in [2.24, 2.45) is 0 Å². The Morgan fingerprint density at radius 3 is 2.56 bits per heavy atom. The predicted molar refractivity (Wildman–Crippen MR) is 70.7 cm³/mol. The fraction of sp³-hybridized carbons (Fsp3) is 0.500. The Kier molecular flexibility index (Phi) is 5.47. The molecule has 0 aliphatic heterocycles. The summed E-state index contributed by atoms with van der Waals surface area (Å²) in [6.45, 7) is 6.66. The van der Waals surface area contributed by atoms with E-state index in [0.29, 0.717) is 17.5 Å². The van der Waals surface area contributed by atoms with Gasteiger partial charge in [0.1, 0.15) is 6.07 Å². The van der Waals surface area contributed by atoms with Crippen LogP contribution in [0.1, 0.15) is 26.3 Å². The topological polar surface area (TPSA) is 54.3 Å². The highest BCUT2D eigenvalue weighted by Gasteiger charge is 2.09. The van der Waals surface area contributed by atoms with E-state index in [0.717, 1.165) is 12.1 Å². The zero-order chi connectivity index (χ0) is 13.5. The third-order valence-corrected chi connectivity index (χ3v) is 2.43. The van der Waals surface area contributed by atoms with Crippen LogP contribution in [0.15, 0.2) is 18.2 Å².